The predicted molar refractivity (Wildman–Crippen MR) is 92.7 cm³/mol. The van der Waals surface area contributed by atoms with Crippen LogP contribution in [0.15, 0.2) is 48.5 Å². The molecule has 2 aromatic rings. The lowest BCUT2D eigenvalue weighted by molar-refractivity contribution is -0.138. The lowest BCUT2D eigenvalue weighted by Gasteiger charge is -2.13. The summed E-state index contributed by atoms with van der Waals surface area (Å²) in [5, 5.41) is 14.6. The Labute approximate surface area is 144 Å². The summed E-state index contributed by atoms with van der Waals surface area (Å²) in [5.74, 6) is -1.92. The number of amides is 1. The number of rotatable bonds is 8. The maximum Gasteiger partial charge on any atom is 0.320 e. The quantitative estimate of drug-likeness (QED) is 0.548. The number of carboxylic acid groups (broad SMARTS) is 1. The van der Waals surface area contributed by atoms with E-state index in [4.69, 9.17) is 10.8 Å². The molecule has 7 heteroatoms. The van der Waals surface area contributed by atoms with Gasteiger partial charge in [0.15, 0.2) is 0 Å². The Kier molecular flexibility index (Phi) is 6.62. The molecule has 0 fully saturated rings. The van der Waals surface area contributed by atoms with E-state index in [1.54, 1.807) is 12.1 Å². The molecule has 0 bridgehead atoms. The Morgan fingerprint density at radius 2 is 1.92 bits per heavy atom. The number of carboxylic acids is 1. The van der Waals surface area contributed by atoms with Crippen LogP contribution in [0.4, 0.5) is 10.1 Å². The minimum atomic E-state index is -1.04. The maximum absolute atomic E-state index is 13.2. The highest BCUT2D eigenvalue weighted by Gasteiger charge is 2.11. The van der Waals surface area contributed by atoms with Gasteiger partial charge in [-0.2, -0.15) is 0 Å². The molecule has 0 saturated heterocycles. The van der Waals surface area contributed by atoms with Crippen molar-refractivity contribution in [1.29, 1.82) is 0 Å². The number of halogens is 1. The third kappa shape index (κ3) is 5.66. The van der Waals surface area contributed by atoms with E-state index in [1.165, 1.54) is 24.3 Å². The van der Waals surface area contributed by atoms with Crippen LogP contribution in [0, 0.1) is 5.82 Å². The highest BCUT2D eigenvalue weighted by atomic mass is 19.1. The van der Waals surface area contributed by atoms with Gasteiger partial charge in [0.2, 0.25) is 0 Å². The van der Waals surface area contributed by atoms with Crippen LogP contribution in [0.3, 0.4) is 0 Å². The van der Waals surface area contributed by atoms with E-state index in [9.17, 15) is 14.0 Å². The van der Waals surface area contributed by atoms with Crippen molar-refractivity contribution in [2.24, 2.45) is 5.73 Å². The average molecular weight is 345 g/mol. The van der Waals surface area contributed by atoms with Crippen LogP contribution in [0.5, 0.6) is 0 Å². The summed E-state index contributed by atoms with van der Waals surface area (Å²) < 4.78 is 13.2. The van der Waals surface area contributed by atoms with Gasteiger partial charge in [0.25, 0.3) is 5.91 Å². The first-order valence-corrected chi connectivity index (χ1v) is 7.81. The standard InChI is InChI=1S/C18H20FN3O3/c19-14-6-3-5-12(10-14)17(23)22-16-7-2-1-4-13(16)11-21-9-8-15(20)18(24)25/h1-7,10,15,21H,8-9,11,20H2,(H,22,23)(H,24,25). The molecule has 0 aliphatic carbocycles. The van der Waals surface area contributed by atoms with Crippen molar-refractivity contribution in [1.82, 2.24) is 5.32 Å². The van der Waals surface area contributed by atoms with Crippen LogP contribution < -0.4 is 16.4 Å². The van der Waals surface area contributed by atoms with E-state index in [0.717, 1.165) is 5.56 Å². The second-order valence-corrected chi connectivity index (χ2v) is 5.53. The van der Waals surface area contributed by atoms with E-state index in [2.05, 4.69) is 10.6 Å². The van der Waals surface area contributed by atoms with Crippen molar-refractivity contribution in [3.05, 3.63) is 65.5 Å². The molecular formula is C18H20FN3O3. The SMILES string of the molecule is NC(CCNCc1ccccc1NC(=O)c1cccc(F)c1)C(=O)O. The average Bonchev–Trinajstić information content (AvgIpc) is 2.59. The molecule has 0 aliphatic heterocycles. The predicted octanol–water partition coefficient (Wildman–Crippen LogP) is 1.97. The normalized spacial score (nSPS) is 11.8. The molecule has 0 aromatic heterocycles. The molecule has 0 aliphatic rings. The fourth-order valence-corrected chi connectivity index (χ4v) is 2.22. The maximum atomic E-state index is 13.2. The van der Waals surface area contributed by atoms with Gasteiger partial charge in [-0.3, -0.25) is 9.59 Å². The Morgan fingerprint density at radius 1 is 1.16 bits per heavy atom. The Bertz CT molecular complexity index is 752. The van der Waals surface area contributed by atoms with Gasteiger partial charge in [-0.1, -0.05) is 24.3 Å². The van der Waals surface area contributed by atoms with Gasteiger partial charge < -0.3 is 21.5 Å². The molecule has 132 valence electrons. The van der Waals surface area contributed by atoms with Crippen molar-refractivity contribution in [3.63, 3.8) is 0 Å². The highest BCUT2D eigenvalue weighted by Crippen LogP contribution is 2.16. The van der Waals surface area contributed by atoms with Crippen molar-refractivity contribution >= 4 is 17.6 Å². The lowest BCUT2D eigenvalue weighted by Crippen LogP contribution is -2.33. The minimum absolute atomic E-state index is 0.232. The minimum Gasteiger partial charge on any atom is -0.480 e. The summed E-state index contributed by atoms with van der Waals surface area (Å²) in [4.78, 5) is 22.9. The van der Waals surface area contributed by atoms with E-state index >= 15 is 0 Å². The van der Waals surface area contributed by atoms with Gasteiger partial charge in [0.1, 0.15) is 11.9 Å². The van der Waals surface area contributed by atoms with E-state index in [0.29, 0.717) is 25.2 Å². The number of nitrogens with two attached hydrogens (primary N) is 1. The number of nitrogens with one attached hydrogen (secondary N) is 2. The summed E-state index contributed by atoms with van der Waals surface area (Å²) in [7, 11) is 0. The molecule has 25 heavy (non-hydrogen) atoms. The van der Waals surface area contributed by atoms with Gasteiger partial charge in [-0.15, -0.1) is 0 Å². The number of para-hydroxylation sites is 1. The third-order valence-electron chi connectivity index (χ3n) is 3.62. The lowest BCUT2D eigenvalue weighted by atomic mass is 10.1. The third-order valence-corrected chi connectivity index (χ3v) is 3.62. The Hall–Kier alpha value is -2.77. The van der Waals surface area contributed by atoms with Crippen LogP contribution in [0.2, 0.25) is 0 Å². The monoisotopic (exact) mass is 345 g/mol. The first-order chi connectivity index (χ1) is 12.0. The second kappa shape index (κ2) is 8.91. The Balaban J connectivity index is 1.96. The zero-order valence-electron chi connectivity index (χ0n) is 13.5. The van der Waals surface area contributed by atoms with Gasteiger partial charge in [0.05, 0.1) is 0 Å². The van der Waals surface area contributed by atoms with Crippen molar-refractivity contribution in [2.75, 3.05) is 11.9 Å². The second-order valence-electron chi connectivity index (χ2n) is 5.53. The van der Waals surface area contributed by atoms with Crippen LogP contribution in [0.25, 0.3) is 0 Å². The number of aliphatic carboxylic acids is 1. The molecule has 0 spiro atoms. The summed E-state index contributed by atoms with van der Waals surface area (Å²) in [5.41, 5.74) is 7.11. The van der Waals surface area contributed by atoms with Crippen molar-refractivity contribution in [3.8, 4) is 0 Å². The number of benzene rings is 2. The van der Waals surface area contributed by atoms with E-state index in [1.807, 2.05) is 12.1 Å². The topological polar surface area (TPSA) is 104 Å². The number of carbonyl (C=O) groups is 2. The molecule has 2 aromatic carbocycles. The van der Waals surface area contributed by atoms with E-state index in [-0.39, 0.29) is 5.56 Å². The van der Waals surface area contributed by atoms with Crippen LogP contribution in [0.1, 0.15) is 22.3 Å². The summed E-state index contributed by atoms with van der Waals surface area (Å²) >= 11 is 0. The van der Waals surface area contributed by atoms with Gasteiger partial charge in [0, 0.05) is 17.8 Å². The van der Waals surface area contributed by atoms with Gasteiger partial charge in [-0.05, 0) is 42.8 Å². The van der Waals surface area contributed by atoms with Crippen molar-refractivity contribution < 1.29 is 19.1 Å². The molecule has 1 amide bonds. The zero-order valence-corrected chi connectivity index (χ0v) is 13.5. The van der Waals surface area contributed by atoms with E-state index < -0.39 is 23.7 Å². The molecular weight excluding hydrogens is 325 g/mol. The van der Waals surface area contributed by atoms with Crippen LogP contribution >= 0.6 is 0 Å². The largest absolute Gasteiger partial charge is 0.480 e. The number of carbonyl (C=O) groups excluding carboxylic acids is 1. The molecule has 1 atom stereocenters. The molecule has 0 heterocycles. The molecule has 0 saturated carbocycles. The highest BCUT2D eigenvalue weighted by molar-refractivity contribution is 6.04. The first kappa shape index (κ1) is 18.6. The number of anilines is 1. The Morgan fingerprint density at radius 3 is 2.64 bits per heavy atom. The zero-order chi connectivity index (χ0) is 18.2. The number of hydrogen-bond donors (Lipinski definition) is 4. The molecule has 6 nitrogen and oxygen atoms in total. The van der Waals surface area contributed by atoms with Crippen LogP contribution in [-0.2, 0) is 11.3 Å². The van der Waals surface area contributed by atoms with Crippen molar-refractivity contribution in [2.45, 2.75) is 19.0 Å². The summed E-state index contributed by atoms with van der Waals surface area (Å²) in [6, 6.07) is 11.7. The first-order valence-electron chi connectivity index (χ1n) is 7.81. The van der Waals surface area contributed by atoms with Gasteiger partial charge >= 0.3 is 5.97 Å². The molecule has 2 rings (SSSR count). The molecule has 1 unspecified atom stereocenters. The smallest absolute Gasteiger partial charge is 0.320 e. The summed E-state index contributed by atoms with van der Waals surface area (Å²) in [6.45, 7) is 0.867. The summed E-state index contributed by atoms with van der Waals surface area (Å²) in [6.07, 6.45) is 0.299. The fourth-order valence-electron chi connectivity index (χ4n) is 2.22. The molecule has 5 N–H and O–H groups in total. The fraction of sp³-hybridized carbons (Fsp3) is 0.222. The molecule has 0 radical (unpaired) electrons. The van der Waals surface area contributed by atoms with Gasteiger partial charge in [-0.25, -0.2) is 4.39 Å². The number of hydrogen-bond acceptors (Lipinski definition) is 4. The van der Waals surface area contributed by atoms with Crippen LogP contribution in [-0.4, -0.2) is 29.6 Å².